The van der Waals surface area contributed by atoms with Gasteiger partial charge in [0.15, 0.2) is 0 Å². The van der Waals surface area contributed by atoms with Crippen LogP contribution in [0.5, 0.6) is 0 Å². The largest absolute Gasteiger partial charge is 0.315 e. The molecule has 0 spiro atoms. The Labute approximate surface area is 93.8 Å². The van der Waals surface area contributed by atoms with Gasteiger partial charge in [0.1, 0.15) is 0 Å². The number of rotatable bonds is 1. The van der Waals surface area contributed by atoms with Gasteiger partial charge in [-0.05, 0) is 45.4 Å². The molecule has 1 N–H and O–H groups in total. The van der Waals surface area contributed by atoms with Crippen LogP contribution < -0.4 is 5.32 Å². The molecule has 2 aliphatic rings. The van der Waals surface area contributed by atoms with Crippen LogP contribution in [0.4, 0.5) is 0 Å². The Morgan fingerprint density at radius 3 is 2.60 bits per heavy atom. The SMILES string of the molecule is CC1CNCCN(C2CCN(C)CC2)C1. The molecule has 0 amide bonds. The lowest BCUT2D eigenvalue weighted by Gasteiger charge is -2.37. The summed E-state index contributed by atoms with van der Waals surface area (Å²) in [4.78, 5) is 5.17. The van der Waals surface area contributed by atoms with E-state index in [0.717, 1.165) is 12.0 Å². The van der Waals surface area contributed by atoms with Crippen molar-refractivity contribution in [2.24, 2.45) is 5.92 Å². The van der Waals surface area contributed by atoms with Gasteiger partial charge in [0.2, 0.25) is 0 Å². The Bertz CT molecular complexity index is 187. The summed E-state index contributed by atoms with van der Waals surface area (Å²) in [5, 5.41) is 3.52. The highest BCUT2D eigenvalue weighted by molar-refractivity contribution is 4.82. The molecule has 0 aliphatic carbocycles. The molecule has 2 saturated heterocycles. The lowest BCUT2D eigenvalue weighted by molar-refractivity contribution is 0.118. The predicted octanol–water partition coefficient (Wildman–Crippen LogP) is 0.622. The summed E-state index contributed by atoms with van der Waals surface area (Å²) < 4.78 is 0. The standard InChI is InChI=1S/C12H25N3/c1-11-9-13-5-8-15(10-11)12-3-6-14(2)7-4-12/h11-13H,3-10H2,1-2H3. The second-order valence-corrected chi connectivity index (χ2v) is 5.34. The van der Waals surface area contributed by atoms with Crippen molar-refractivity contribution in [3.63, 3.8) is 0 Å². The van der Waals surface area contributed by atoms with Gasteiger partial charge in [0.25, 0.3) is 0 Å². The first-order chi connectivity index (χ1) is 7.25. The summed E-state index contributed by atoms with van der Waals surface area (Å²) in [5.41, 5.74) is 0. The van der Waals surface area contributed by atoms with Crippen LogP contribution in [0.1, 0.15) is 19.8 Å². The lowest BCUT2D eigenvalue weighted by atomic mass is 10.0. The highest BCUT2D eigenvalue weighted by Crippen LogP contribution is 2.17. The minimum absolute atomic E-state index is 0.812. The summed E-state index contributed by atoms with van der Waals surface area (Å²) in [7, 11) is 2.24. The van der Waals surface area contributed by atoms with Gasteiger partial charge in [-0.1, -0.05) is 6.92 Å². The topological polar surface area (TPSA) is 18.5 Å². The van der Waals surface area contributed by atoms with Crippen molar-refractivity contribution in [2.45, 2.75) is 25.8 Å². The Morgan fingerprint density at radius 2 is 1.87 bits per heavy atom. The molecule has 0 aromatic carbocycles. The number of piperidine rings is 1. The van der Waals surface area contributed by atoms with Gasteiger partial charge in [-0.15, -0.1) is 0 Å². The fourth-order valence-corrected chi connectivity index (χ4v) is 2.82. The number of likely N-dealkylation sites (tertiary alicyclic amines) is 1. The van der Waals surface area contributed by atoms with E-state index in [9.17, 15) is 0 Å². The molecule has 2 rings (SSSR count). The predicted molar refractivity (Wildman–Crippen MR) is 64.1 cm³/mol. The third kappa shape index (κ3) is 3.16. The van der Waals surface area contributed by atoms with E-state index in [-0.39, 0.29) is 0 Å². The molecule has 88 valence electrons. The summed E-state index contributed by atoms with van der Waals surface area (Å²) in [6, 6.07) is 0.851. The molecule has 15 heavy (non-hydrogen) atoms. The van der Waals surface area contributed by atoms with Gasteiger partial charge in [0.05, 0.1) is 0 Å². The maximum atomic E-state index is 3.52. The van der Waals surface area contributed by atoms with Gasteiger partial charge < -0.3 is 10.2 Å². The number of nitrogens with one attached hydrogen (secondary N) is 1. The molecule has 2 fully saturated rings. The minimum Gasteiger partial charge on any atom is -0.315 e. The fourth-order valence-electron chi connectivity index (χ4n) is 2.82. The summed E-state index contributed by atoms with van der Waals surface area (Å²) in [6.07, 6.45) is 2.73. The van der Waals surface area contributed by atoms with E-state index in [1.807, 2.05) is 0 Å². The van der Waals surface area contributed by atoms with Crippen molar-refractivity contribution in [1.82, 2.24) is 15.1 Å². The van der Waals surface area contributed by atoms with Gasteiger partial charge in [-0.2, -0.15) is 0 Å². The Morgan fingerprint density at radius 1 is 1.13 bits per heavy atom. The van der Waals surface area contributed by atoms with E-state index in [1.54, 1.807) is 0 Å². The summed E-state index contributed by atoms with van der Waals surface area (Å²) >= 11 is 0. The highest BCUT2D eigenvalue weighted by Gasteiger charge is 2.25. The monoisotopic (exact) mass is 211 g/mol. The number of hydrogen-bond acceptors (Lipinski definition) is 3. The van der Waals surface area contributed by atoms with E-state index in [2.05, 4.69) is 29.1 Å². The zero-order valence-corrected chi connectivity index (χ0v) is 10.2. The van der Waals surface area contributed by atoms with Crippen LogP contribution in [-0.4, -0.2) is 62.2 Å². The summed E-state index contributed by atoms with van der Waals surface area (Å²) in [5.74, 6) is 0.812. The van der Waals surface area contributed by atoms with E-state index in [1.165, 1.54) is 52.1 Å². The van der Waals surface area contributed by atoms with Crippen LogP contribution >= 0.6 is 0 Å². The molecule has 2 aliphatic heterocycles. The van der Waals surface area contributed by atoms with Gasteiger partial charge in [0, 0.05) is 25.7 Å². The van der Waals surface area contributed by atoms with Crippen molar-refractivity contribution in [1.29, 1.82) is 0 Å². The molecular weight excluding hydrogens is 186 g/mol. The zero-order valence-electron chi connectivity index (χ0n) is 10.2. The summed E-state index contributed by atoms with van der Waals surface area (Å²) in [6.45, 7) is 9.84. The first-order valence-corrected chi connectivity index (χ1v) is 6.39. The molecule has 2 heterocycles. The molecule has 0 bridgehead atoms. The molecular formula is C12H25N3. The van der Waals surface area contributed by atoms with Crippen molar-refractivity contribution >= 4 is 0 Å². The van der Waals surface area contributed by atoms with Crippen LogP contribution in [-0.2, 0) is 0 Å². The average molecular weight is 211 g/mol. The molecule has 0 radical (unpaired) electrons. The second kappa shape index (κ2) is 5.28. The first-order valence-electron chi connectivity index (χ1n) is 6.39. The smallest absolute Gasteiger partial charge is 0.0120 e. The van der Waals surface area contributed by atoms with Crippen molar-refractivity contribution in [2.75, 3.05) is 46.3 Å². The molecule has 3 heteroatoms. The van der Waals surface area contributed by atoms with Crippen LogP contribution in [0, 0.1) is 5.92 Å². The third-order valence-electron chi connectivity index (χ3n) is 3.82. The Balaban J connectivity index is 1.85. The minimum atomic E-state index is 0.812. The molecule has 1 atom stereocenters. The molecule has 1 unspecified atom stereocenters. The lowest BCUT2D eigenvalue weighted by Crippen LogP contribution is -2.45. The fraction of sp³-hybridized carbons (Fsp3) is 1.00. The maximum absolute atomic E-state index is 3.52. The second-order valence-electron chi connectivity index (χ2n) is 5.34. The zero-order chi connectivity index (χ0) is 10.7. The van der Waals surface area contributed by atoms with Crippen LogP contribution in [0.15, 0.2) is 0 Å². The number of nitrogens with zero attached hydrogens (tertiary/aromatic N) is 2. The van der Waals surface area contributed by atoms with Gasteiger partial charge >= 0.3 is 0 Å². The van der Waals surface area contributed by atoms with Crippen LogP contribution in [0.2, 0.25) is 0 Å². The van der Waals surface area contributed by atoms with Gasteiger partial charge in [-0.3, -0.25) is 4.90 Å². The quantitative estimate of drug-likeness (QED) is 0.686. The first kappa shape index (κ1) is 11.4. The van der Waals surface area contributed by atoms with Crippen molar-refractivity contribution in [3.8, 4) is 0 Å². The third-order valence-corrected chi connectivity index (χ3v) is 3.82. The van der Waals surface area contributed by atoms with E-state index >= 15 is 0 Å². The van der Waals surface area contributed by atoms with Gasteiger partial charge in [-0.25, -0.2) is 0 Å². The van der Waals surface area contributed by atoms with Crippen LogP contribution in [0.3, 0.4) is 0 Å². The van der Waals surface area contributed by atoms with Crippen molar-refractivity contribution in [3.05, 3.63) is 0 Å². The number of hydrogen-bond donors (Lipinski definition) is 1. The van der Waals surface area contributed by atoms with Crippen molar-refractivity contribution < 1.29 is 0 Å². The van der Waals surface area contributed by atoms with Crippen LogP contribution in [0.25, 0.3) is 0 Å². The Kier molecular flexibility index (Phi) is 4.00. The highest BCUT2D eigenvalue weighted by atomic mass is 15.2. The van der Waals surface area contributed by atoms with E-state index in [0.29, 0.717) is 0 Å². The van der Waals surface area contributed by atoms with E-state index < -0.39 is 0 Å². The normalized spacial score (nSPS) is 32.8. The molecule has 0 aromatic heterocycles. The average Bonchev–Trinajstić information content (AvgIpc) is 2.44. The molecule has 0 saturated carbocycles. The van der Waals surface area contributed by atoms with E-state index in [4.69, 9.17) is 0 Å². The molecule has 0 aromatic rings. The molecule has 3 nitrogen and oxygen atoms in total. The maximum Gasteiger partial charge on any atom is 0.0120 e. The Hall–Kier alpha value is -0.120.